The quantitative estimate of drug-likeness (QED) is 0.587. The summed E-state index contributed by atoms with van der Waals surface area (Å²) in [5.41, 5.74) is 3.83. The predicted octanol–water partition coefficient (Wildman–Crippen LogP) is 5.36. The highest BCUT2D eigenvalue weighted by atomic mass is 32.1. The molecule has 194 valence electrons. The minimum atomic E-state index is -0.544. The Hall–Kier alpha value is -2.71. The van der Waals surface area contributed by atoms with E-state index < -0.39 is 11.7 Å². The van der Waals surface area contributed by atoms with Gasteiger partial charge in [-0.3, -0.25) is 14.7 Å². The summed E-state index contributed by atoms with van der Waals surface area (Å²) >= 11 is 1.49. The number of nitrogens with one attached hydrogen (secondary N) is 1. The molecule has 4 rings (SSSR count). The van der Waals surface area contributed by atoms with Gasteiger partial charge in [-0.05, 0) is 83.2 Å². The van der Waals surface area contributed by atoms with Crippen LogP contribution in [0, 0.1) is 6.92 Å². The molecule has 1 N–H and O–H groups in total. The molecule has 4 heterocycles. The standard InChI is InChI=1S/C28H38N4O3S/c1-18(2)31-12-9-20(10-13-31)21-7-8-23(29-16-21)24-15-19(3)25(36-24)26(33)32-14-11-22(17-32)30-27(34)35-28(4,5)6/h7-9,15-16,18,22H,10-14,17H2,1-6H3,(H,30,34)/t22-/m0/s1. The summed E-state index contributed by atoms with van der Waals surface area (Å²) < 4.78 is 5.35. The van der Waals surface area contributed by atoms with Gasteiger partial charge in [-0.15, -0.1) is 11.3 Å². The number of pyridine rings is 1. The maximum atomic E-state index is 13.3. The number of aromatic nitrogens is 1. The topological polar surface area (TPSA) is 74.8 Å². The molecular formula is C28H38N4O3S. The molecular weight excluding hydrogens is 472 g/mol. The maximum absolute atomic E-state index is 13.3. The monoisotopic (exact) mass is 510 g/mol. The number of hydrogen-bond donors (Lipinski definition) is 1. The summed E-state index contributed by atoms with van der Waals surface area (Å²) in [6.45, 7) is 15.1. The highest BCUT2D eigenvalue weighted by molar-refractivity contribution is 7.17. The van der Waals surface area contributed by atoms with Gasteiger partial charge in [0.15, 0.2) is 0 Å². The molecule has 0 saturated carbocycles. The lowest BCUT2D eigenvalue weighted by Crippen LogP contribution is -2.41. The first kappa shape index (κ1) is 26.4. The lowest BCUT2D eigenvalue weighted by Gasteiger charge is -2.29. The number of rotatable bonds is 5. The van der Waals surface area contributed by atoms with Crippen molar-refractivity contribution in [1.29, 1.82) is 0 Å². The first-order valence-electron chi connectivity index (χ1n) is 12.8. The molecule has 36 heavy (non-hydrogen) atoms. The predicted molar refractivity (Wildman–Crippen MR) is 145 cm³/mol. The molecule has 0 unspecified atom stereocenters. The molecule has 1 atom stereocenters. The Morgan fingerprint density at radius 2 is 2.00 bits per heavy atom. The summed E-state index contributed by atoms with van der Waals surface area (Å²) in [5, 5.41) is 2.89. The van der Waals surface area contributed by atoms with Gasteiger partial charge in [-0.25, -0.2) is 4.79 Å². The lowest BCUT2D eigenvalue weighted by atomic mass is 10.00. The van der Waals surface area contributed by atoms with Gasteiger partial charge in [0, 0.05) is 38.4 Å². The van der Waals surface area contributed by atoms with Crippen LogP contribution in [-0.2, 0) is 4.74 Å². The van der Waals surface area contributed by atoms with E-state index in [1.54, 1.807) is 0 Å². The number of carbonyl (C=O) groups is 2. The van der Waals surface area contributed by atoms with E-state index in [2.05, 4.69) is 42.3 Å². The lowest BCUT2D eigenvalue weighted by molar-refractivity contribution is 0.0502. The highest BCUT2D eigenvalue weighted by Crippen LogP contribution is 2.33. The summed E-state index contributed by atoms with van der Waals surface area (Å²) in [4.78, 5) is 36.1. The molecule has 1 saturated heterocycles. The molecule has 2 amide bonds. The second-order valence-electron chi connectivity index (χ2n) is 11.0. The summed E-state index contributed by atoms with van der Waals surface area (Å²) in [6, 6.07) is 6.71. The first-order valence-corrected chi connectivity index (χ1v) is 13.6. The van der Waals surface area contributed by atoms with E-state index >= 15 is 0 Å². The number of carbonyl (C=O) groups excluding carboxylic acids is 2. The van der Waals surface area contributed by atoms with Gasteiger partial charge < -0.3 is 15.0 Å². The number of thiophene rings is 1. The summed E-state index contributed by atoms with van der Waals surface area (Å²) in [7, 11) is 0. The third-order valence-corrected chi connectivity index (χ3v) is 7.91. The minimum absolute atomic E-state index is 0.0101. The van der Waals surface area contributed by atoms with Crippen LogP contribution in [0.1, 0.15) is 68.3 Å². The second kappa shape index (κ2) is 10.7. The molecule has 1 fully saturated rings. The molecule has 2 aliphatic heterocycles. The van der Waals surface area contributed by atoms with Crippen LogP contribution in [0.5, 0.6) is 0 Å². The van der Waals surface area contributed by atoms with Crippen LogP contribution in [-0.4, -0.2) is 70.6 Å². The SMILES string of the molecule is Cc1cc(-c2ccc(C3=CCN(C(C)C)CC3)cn2)sc1C(=O)N1CC[C@H](NC(=O)OC(C)(C)C)C1. The third kappa shape index (κ3) is 6.34. The van der Waals surface area contributed by atoms with Crippen LogP contribution in [0.25, 0.3) is 16.1 Å². The molecule has 0 radical (unpaired) electrons. The maximum Gasteiger partial charge on any atom is 0.407 e. The molecule has 2 aliphatic rings. The Labute approximate surface area is 218 Å². The Kier molecular flexibility index (Phi) is 7.85. The van der Waals surface area contributed by atoms with Gasteiger partial charge in [0.05, 0.1) is 21.5 Å². The Morgan fingerprint density at radius 3 is 2.61 bits per heavy atom. The highest BCUT2D eigenvalue weighted by Gasteiger charge is 2.31. The number of amides is 2. The fourth-order valence-corrected chi connectivity index (χ4v) is 5.76. The largest absolute Gasteiger partial charge is 0.444 e. The second-order valence-corrected chi connectivity index (χ2v) is 12.1. The van der Waals surface area contributed by atoms with E-state index in [0.29, 0.717) is 19.1 Å². The van der Waals surface area contributed by atoms with Gasteiger partial charge in [-0.1, -0.05) is 12.1 Å². The van der Waals surface area contributed by atoms with Crippen LogP contribution >= 0.6 is 11.3 Å². The van der Waals surface area contributed by atoms with E-state index in [4.69, 9.17) is 9.72 Å². The third-order valence-electron chi connectivity index (χ3n) is 6.67. The number of hydrogen-bond acceptors (Lipinski definition) is 6. The van der Waals surface area contributed by atoms with Crippen molar-refractivity contribution >= 4 is 28.9 Å². The van der Waals surface area contributed by atoms with Crippen LogP contribution in [0.3, 0.4) is 0 Å². The van der Waals surface area contributed by atoms with Crippen LogP contribution in [0.15, 0.2) is 30.5 Å². The van der Waals surface area contributed by atoms with Crippen molar-refractivity contribution in [3.8, 4) is 10.6 Å². The smallest absolute Gasteiger partial charge is 0.407 e. The molecule has 7 nitrogen and oxygen atoms in total. The zero-order chi connectivity index (χ0) is 26.0. The Balaban J connectivity index is 1.39. The van der Waals surface area contributed by atoms with Crippen molar-refractivity contribution in [2.75, 3.05) is 26.2 Å². The molecule has 2 aromatic heterocycles. The van der Waals surface area contributed by atoms with E-state index in [1.807, 2.05) is 44.9 Å². The van der Waals surface area contributed by atoms with Crippen molar-refractivity contribution in [3.63, 3.8) is 0 Å². The number of aryl methyl sites for hydroxylation is 1. The summed E-state index contributed by atoms with van der Waals surface area (Å²) in [6.07, 6.45) is 5.59. The number of likely N-dealkylation sites (tertiary alicyclic amines) is 1. The average molecular weight is 511 g/mol. The number of nitrogens with zero attached hydrogens (tertiary/aromatic N) is 3. The van der Waals surface area contributed by atoms with Gasteiger partial charge in [0.25, 0.3) is 5.91 Å². The fourth-order valence-electron chi connectivity index (χ4n) is 4.65. The van der Waals surface area contributed by atoms with Gasteiger partial charge in [0.2, 0.25) is 0 Å². The van der Waals surface area contributed by atoms with E-state index in [-0.39, 0.29) is 11.9 Å². The molecule has 0 aromatic carbocycles. The van der Waals surface area contributed by atoms with Crippen molar-refractivity contribution in [3.05, 3.63) is 46.5 Å². The van der Waals surface area contributed by atoms with Crippen LogP contribution in [0.2, 0.25) is 0 Å². The average Bonchev–Trinajstić information content (AvgIpc) is 3.44. The first-order chi connectivity index (χ1) is 17.0. The van der Waals surface area contributed by atoms with Gasteiger partial charge in [-0.2, -0.15) is 0 Å². The van der Waals surface area contributed by atoms with Crippen molar-refractivity contribution in [1.82, 2.24) is 20.1 Å². The minimum Gasteiger partial charge on any atom is -0.444 e. The van der Waals surface area contributed by atoms with Gasteiger partial charge in [0.1, 0.15) is 5.60 Å². The van der Waals surface area contributed by atoms with Crippen LogP contribution in [0.4, 0.5) is 4.79 Å². The van der Waals surface area contributed by atoms with Gasteiger partial charge >= 0.3 is 6.09 Å². The van der Waals surface area contributed by atoms with Crippen molar-refractivity contribution in [2.24, 2.45) is 0 Å². The Morgan fingerprint density at radius 1 is 1.22 bits per heavy atom. The van der Waals surface area contributed by atoms with Crippen molar-refractivity contribution < 1.29 is 14.3 Å². The molecule has 2 aromatic rings. The molecule has 8 heteroatoms. The van der Waals surface area contributed by atoms with Crippen LogP contribution < -0.4 is 5.32 Å². The molecule has 0 aliphatic carbocycles. The fraction of sp³-hybridized carbons (Fsp3) is 0.536. The Bertz CT molecular complexity index is 1130. The van der Waals surface area contributed by atoms with Crippen molar-refractivity contribution in [2.45, 2.75) is 72.1 Å². The number of ether oxygens (including phenoxy) is 1. The molecule has 0 bridgehead atoms. The van der Waals surface area contributed by atoms with E-state index in [0.717, 1.165) is 46.9 Å². The summed E-state index contributed by atoms with van der Waals surface area (Å²) in [5.74, 6) is 0.0101. The normalized spacial score (nSPS) is 18.9. The zero-order valence-corrected chi connectivity index (χ0v) is 23.1. The van der Waals surface area contributed by atoms with E-state index in [1.165, 1.54) is 22.5 Å². The van der Waals surface area contributed by atoms with E-state index in [9.17, 15) is 9.59 Å². The zero-order valence-electron chi connectivity index (χ0n) is 22.3. The molecule has 0 spiro atoms. The number of alkyl carbamates (subject to hydrolysis) is 1.